The molecule has 0 aromatic heterocycles. The van der Waals surface area contributed by atoms with Crippen LogP contribution >= 0.6 is 0 Å². The molecule has 0 atom stereocenters. The molecule has 1 N–H and O–H groups in total. The molecule has 0 aromatic carbocycles. The van der Waals surface area contributed by atoms with Gasteiger partial charge in [0, 0.05) is 0 Å². The average molecular weight is 109 g/mol. The maximum atomic E-state index is 3.28. The van der Waals surface area contributed by atoms with Crippen LogP contribution in [0.1, 0.15) is 20.7 Å². The van der Waals surface area contributed by atoms with Crippen molar-refractivity contribution in [1.29, 1.82) is 0 Å². The topological polar surface area (TPSA) is 12.0 Å². The van der Waals surface area contributed by atoms with Gasteiger partial charge in [0.25, 0.3) is 0 Å². The molecule has 0 aliphatic carbocycles. The Morgan fingerprint density at radius 3 is 1.71 bits per heavy atom. The van der Waals surface area contributed by atoms with Gasteiger partial charge in [0.15, 0.2) is 0 Å². The van der Waals surface area contributed by atoms with Crippen molar-refractivity contribution in [2.75, 3.05) is 13.1 Å². The zero-order valence-electron chi connectivity index (χ0n) is 6.04. The number of hydrogen-bond acceptors (Lipinski definition) is 1. The van der Waals surface area contributed by atoms with Crippen LogP contribution in [-0.4, -0.2) is 13.1 Å². The summed E-state index contributed by atoms with van der Waals surface area (Å²) in [5.41, 5.74) is 0. The van der Waals surface area contributed by atoms with Gasteiger partial charge in [-0.15, -0.1) is 0 Å². The largest absolute Gasteiger partial charge is 1.00 e. The maximum absolute atomic E-state index is 3.28. The van der Waals surface area contributed by atoms with Crippen LogP contribution in [0.15, 0.2) is 0 Å². The van der Waals surface area contributed by atoms with Crippen molar-refractivity contribution in [2.45, 2.75) is 19.3 Å². The summed E-state index contributed by atoms with van der Waals surface area (Å²) in [6.45, 7) is 2.50. The van der Waals surface area contributed by atoms with E-state index in [1.807, 2.05) is 0 Å². The molecular formula is C5H12NNa. The van der Waals surface area contributed by atoms with Crippen molar-refractivity contribution in [3.05, 3.63) is 0 Å². The minimum atomic E-state index is 0. The van der Waals surface area contributed by atoms with Gasteiger partial charge in [-0.2, -0.15) is 0 Å². The summed E-state index contributed by atoms with van der Waals surface area (Å²) in [4.78, 5) is 0. The molecule has 0 unspecified atom stereocenters. The molecule has 2 heteroatoms. The van der Waals surface area contributed by atoms with Gasteiger partial charge >= 0.3 is 29.6 Å². The van der Waals surface area contributed by atoms with Crippen LogP contribution in [0.5, 0.6) is 0 Å². The molecule has 0 bridgehead atoms. The molecule has 0 amide bonds. The van der Waals surface area contributed by atoms with E-state index >= 15 is 0 Å². The van der Waals surface area contributed by atoms with Gasteiger partial charge < -0.3 is 6.74 Å². The van der Waals surface area contributed by atoms with Gasteiger partial charge in [0.05, 0.1) is 0 Å². The number of rotatable bonds is 0. The summed E-state index contributed by atoms with van der Waals surface area (Å²) in [5.74, 6) is 0. The number of nitrogens with one attached hydrogen (secondary N) is 1. The third kappa shape index (κ3) is 3.53. The second-order valence-corrected chi connectivity index (χ2v) is 1.81. The second kappa shape index (κ2) is 5.10. The van der Waals surface area contributed by atoms with E-state index in [4.69, 9.17) is 0 Å². The third-order valence-corrected chi connectivity index (χ3v) is 1.21. The smallest absolute Gasteiger partial charge is 1.00 e. The Hall–Kier alpha value is 0.960. The van der Waals surface area contributed by atoms with E-state index in [1.165, 1.54) is 32.4 Å². The molecule has 1 aliphatic rings. The van der Waals surface area contributed by atoms with Gasteiger partial charge in [-0.1, -0.05) is 6.42 Å². The molecular weight excluding hydrogens is 97.1 g/mol. The number of piperidine rings is 1. The summed E-state index contributed by atoms with van der Waals surface area (Å²) >= 11 is 0. The first-order chi connectivity index (χ1) is 3.00. The molecule has 1 aliphatic heterocycles. The van der Waals surface area contributed by atoms with Gasteiger partial charge in [-0.05, 0) is 25.9 Å². The first-order valence-corrected chi connectivity index (χ1v) is 2.71. The molecule has 0 radical (unpaired) electrons. The fourth-order valence-electron chi connectivity index (χ4n) is 0.802. The van der Waals surface area contributed by atoms with Crippen molar-refractivity contribution in [2.24, 2.45) is 0 Å². The van der Waals surface area contributed by atoms with Crippen LogP contribution in [0.3, 0.4) is 0 Å². The third-order valence-electron chi connectivity index (χ3n) is 1.21. The number of hydrogen-bond donors (Lipinski definition) is 1. The van der Waals surface area contributed by atoms with Crippen LogP contribution in [0.25, 0.3) is 0 Å². The molecule has 38 valence electrons. The SMILES string of the molecule is C1CCNCC1.[H-].[Na+]. The van der Waals surface area contributed by atoms with Gasteiger partial charge in [0.2, 0.25) is 0 Å². The Morgan fingerprint density at radius 1 is 1.00 bits per heavy atom. The molecule has 0 saturated carbocycles. The predicted octanol–water partition coefficient (Wildman–Crippen LogP) is -2.12. The van der Waals surface area contributed by atoms with Crippen LogP contribution in [0, 0.1) is 0 Å². The summed E-state index contributed by atoms with van der Waals surface area (Å²) < 4.78 is 0. The molecule has 7 heavy (non-hydrogen) atoms. The Bertz CT molecular complexity index is 27.9. The predicted molar refractivity (Wildman–Crippen MR) is 27.8 cm³/mol. The maximum Gasteiger partial charge on any atom is 1.00 e. The first kappa shape index (κ1) is 7.96. The Morgan fingerprint density at radius 2 is 1.57 bits per heavy atom. The van der Waals surface area contributed by atoms with Crippen LogP contribution in [0.4, 0.5) is 0 Å². The summed E-state index contributed by atoms with van der Waals surface area (Å²) in [6.07, 6.45) is 4.22. The van der Waals surface area contributed by atoms with E-state index in [0.717, 1.165) is 0 Å². The zero-order chi connectivity index (χ0) is 4.24. The van der Waals surface area contributed by atoms with E-state index in [1.54, 1.807) is 0 Å². The van der Waals surface area contributed by atoms with Crippen LogP contribution in [-0.2, 0) is 0 Å². The Kier molecular flexibility index (Phi) is 5.80. The Balaban J connectivity index is 0. The quantitative estimate of drug-likeness (QED) is 0.351. The van der Waals surface area contributed by atoms with Crippen molar-refractivity contribution >= 4 is 0 Å². The van der Waals surface area contributed by atoms with Gasteiger partial charge in [-0.25, -0.2) is 0 Å². The molecule has 0 spiro atoms. The molecule has 0 aromatic rings. The Labute approximate surface area is 68.6 Å². The molecule has 1 fully saturated rings. The first-order valence-electron chi connectivity index (χ1n) is 2.71. The van der Waals surface area contributed by atoms with Gasteiger partial charge in [-0.3, -0.25) is 0 Å². The normalized spacial score (nSPS) is 20.6. The summed E-state index contributed by atoms with van der Waals surface area (Å²) in [6, 6.07) is 0. The van der Waals surface area contributed by atoms with E-state index < -0.39 is 0 Å². The van der Waals surface area contributed by atoms with Crippen molar-refractivity contribution in [3.8, 4) is 0 Å². The van der Waals surface area contributed by atoms with Crippen LogP contribution in [0.2, 0.25) is 0 Å². The van der Waals surface area contributed by atoms with E-state index in [0.29, 0.717) is 0 Å². The molecule has 1 saturated heterocycles. The van der Waals surface area contributed by atoms with Crippen molar-refractivity contribution in [1.82, 2.24) is 5.32 Å². The van der Waals surface area contributed by atoms with E-state index in [2.05, 4.69) is 5.32 Å². The van der Waals surface area contributed by atoms with Crippen molar-refractivity contribution < 1.29 is 31.0 Å². The molecule has 1 nitrogen and oxygen atoms in total. The monoisotopic (exact) mass is 109 g/mol. The zero-order valence-corrected chi connectivity index (χ0v) is 7.04. The second-order valence-electron chi connectivity index (χ2n) is 1.81. The fraction of sp³-hybridized carbons (Fsp3) is 1.00. The molecule has 1 heterocycles. The molecule has 1 rings (SSSR count). The van der Waals surface area contributed by atoms with Crippen molar-refractivity contribution in [3.63, 3.8) is 0 Å². The summed E-state index contributed by atoms with van der Waals surface area (Å²) in [7, 11) is 0. The average Bonchev–Trinajstić information content (AvgIpc) is 1.72. The standard InChI is InChI=1S/C5H11N.Na.H/c1-2-4-6-5-3-1;;/h6H,1-5H2;;/q;+1;-1. The minimum Gasteiger partial charge on any atom is -1.00 e. The summed E-state index contributed by atoms with van der Waals surface area (Å²) in [5, 5.41) is 3.28. The van der Waals surface area contributed by atoms with Crippen LogP contribution < -0.4 is 34.9 Å². The van der Waals surface area contributed by atoms with E-state index in [9.17, 15) is 0 Å². The van der Waals surface area contributed by atoms with E-state index in [-0.39, 0.29) is 31.0 Å². The minimum absolute atomic E-state index is 0. The fourth-order valence-corrected chi connectivity index (χ4v) is 0.802. The van der Waals surface area contributed by atoms with Gasteiger partial charge in [0.1, 0.15) is 0 Å².